The van der Waals surface area contributed by atoms with Crippen molar-refractivity contribution in [3.63, 3.8) is 0 Å². The summed E-state index contributed by atoms with van der Waals surface area (Å²) in [5.74, 6) is -0.521. The third kappa shape index (κ3) is 4.29. The Labute approximate surface area is 179 Å². The first-order valence-corrected chi connectivity index (χ1v) is 10.4. The summed E-state index contributed by atoms with van der Waals surface area (Å²) in [5, 5.41) is 14.3. The number of aryl methyl sites for hydroxylation is 1. The molecule has 2 aromatic carbocycles. The molecule has 4 nitrogen and oxygen atoms in total. The Balaban J connectivity index is 1.52. The lowest BCUT2D eigenvalue weighted by Gasteiger charge is -2.12. The maximum atomic E-state index is 13.9. The summed E-state index contributed by atoms with van der Waals surface area (Å²) in [6.45, 7) is 1.77. The highest BCUT2D eigenvalue weighted by atomic mass is 35.5. The SMILES string of the molecule is CC(C(=O)CCc1cc(C2CC2)nn1-c1cccc(Cl)c1)c1ccc(C#N)c(F)c1. The molecule has 0 saturated heterocycles. The zero-order chi connectivity index (χ0) is 21.3. The largest absolute Gasteiger partial charge is 0.299 e. The van der Waals surface area contributed by atoms with Crippen molar-refractivity contribution in [2.45, 2.75) is 44.4 Å². The van der Waals surface area contributed by atoms with E-state index in [2.05, 4.69) is 6.07 Å². The summed E-state index contributed by atoms with van der Waals surface area (Å²) in [5.41, 5.74) is 3.46. The zero-order valence-corrected chi connectivity index (χ0v) is 17.4. The topological polar surface area (TPSA) is 58.7 Å². The van der Waals surface area contributed by atoms with E-state index in [1.165, 1.54) is 12.1 Å². The van der Waals surface area contributed by atoms with E-state index in [1.54, 1.807) is 19.1 Å². The summed E-state index contributed by atoms with van der Waals surface area (Å²) in [6.07, 6.45) is 3.14. The van der Waals surface area contributed by atoms with Gasteiger partial charge in [0, 0.05) is 29.0 Å². The second kappa shape index (κ2) is 8.41. The maximum absolute atomic E-state index is 13.9. The fourth-order valence-electron chi connectivity index (χ4n) is 3.57. The van der Waals surface area contributed by atoms with E-state index in [0.29, 0.717) is 29.3 Å². The molecule has 0 aliphatic heterocycles. The molecule has 0 spiro atoms. The average molecular weight is 422 g/mol. The number of benzene rings is 2. The third-order valence-corrected chi connectivity index (χ3v) is 5.81. The van der Waals surface area contributed by atoms with E-state index in [4.69, 9.17) is 22.0 Å². The second-order valence-electron chi connectivity index (χ2n) is 7.77. The number of hydrogen-bond donors (Lipinski definition) is 0. The molecule has 1 aliphatic rings. The van der Waals surface area contributed by atoms with Crippen LogP contribution < -0.4 is 0 Å². The van der Waals surface area contributed by atoms with Crippen LogP contribution in [0, 0.1) is 17.1 Å². The summed E-state index contributed by atoms with van der Waals surface area (Å²) < 4.78 is 15.8. The molecule has 1 heterocycles. The molecule has 1 aliphatic carbocycles. The van der Waals surface area contributed by atoms with Gasteiger partial charge in [-0.1, -0.05) is 30.7 Å². The molecule has 0 amide bonds. The van der Waals surface area contributed by atoms with E-state index in [1.807, 2.05) is 28.9 Å². The zero-order valence-electron chi connectivity index (χ0n) is 16.6. The van der Waals surface area contributed by atoms with E-state index < -0.39 is 11.7 Å². The van der Waals surface area contributed by atoms with Crippen molar-refractivity contribution in [3.05, 3.63) is 81.9 Å². The standard InChI is InChI=1S/C24H21ClFN3O/c1-15(17-7-8-18(14-27)22(26)11-17)24(30)10-9-21-13-23(16-5-6-16)28-29(21)20-4-2-3-19(25)12-20/h2-4,7-8,11-13,15-16H,5-6,9-10H2,1H3. The van der Waals surface area contributed by atoms with Gasteiger partial charge < -0.3 is 0 Å². The maximum Gasteiger partial charge on any atom is 0.141 e. The number of rotatable bonds is 7. The highest BCUT2D eigenvalue weighted by molar-refractivity contribution is 6.30. The number of carbonyl (C=O) groups excluding carboxylic acids is 1. The van der Waals surface area contributed by atoms with E-state index in [-0.39, 0.29) is 11.3 Å². The van der Waals surface area contributed by atoms with E-state index in [9.17, 15) is 9.18 Å². The Bertz CT molecular complexity index is 1140. The lowest BCUT2D eigenvalue weighted by atomic mass is 9.93. The molecule has 1 fully saturated rings. The van der Waals surface area contributed by atoms with Crippen molar-refractivity contribution in [3.8, 4) is 11.8 Å². The van der Waals surface area contributed by atoms with Crippen LogP contribution in [0.3, 0.4) is 0 Å². The van der Waals surface area contributed by atoms with Gasteiger partial charge in [0.25, 0.3) is 0 Å². The minimum absolute atomic E-state index is 0.0172. The van der Waals surface area contributed by atoms with Gasteiger partial charge in [-0.3, -0.25) is 4.79 Å². The molecule has 4 rings (SSSR count). The van der Waals surface area contributed by atoms with Gasteiger partial charge in [-0.15, -0.1) is 0 Å². The van der Waals surface area contributed by atoms with Gasteiger partial charge in [0.2, 0.25) is 0 Å². The quantitative estimate of drug-likeness (QED) is 0.490. The molecule has 1 saturated carbocycles. The van der Waals surface area contributed by atoms with Crippen molar-refractivity contribution in [2.75, 3.05) is 0 Å². The normalized spacial score (nSPS) is 14.3. The Hall–Kier alpha value is -2.97. The third-order valence-electron chi connectivity index (χ3n) is 5.57. The Kier molecular flexibility index (Phi) is 5.69. The van der Waals surface area contributed by atoms with Crippen molar-refractivity contribution in [1.29, 1.82) is 5.26 Å². The van der Waals surface area contributed by atoms with Crippen LogP contribution in [-0.4, -0.2) is 15.6 Å². The lowest BCUT2D eigenvalue weighted by Crippen LogP contribution is -2.12. The lowest BCUT2D eigenvalue weighted by molar-refractivity contribution is -0.120. The highest BCUT2D eigenvalue weighted by Gasteiger charge is 2.28. The Morgan fingerprint density at radius 1 is 1.30 bits per heavy atom. The molecular formula is C24H21ClFN3O. The van der Waals surface area contributed by atoms with Gasteiger partial charge in [0.15, 0.2) is 0 Å². The molecule has 1 aromatic heterocycles. The number of nitriles is 1. The van der Waals surface area contributed by atoms with Crippen molar-refractivity contribution < 1.29 is 9.18 Å². The van der Waals surface area contributed by atoms with Gasteiger partial charge in [-0.25, -0.2) is 9.07 Å². The highest BCUT2D eigenvalue weighted by Crippen LogP contribution is 2.40. The van der Waals surface area contributed by atoms with E-state index >= 15 is 0 Å². The molecule has 6 heteroatoms. The van der Waals surface area contributed by atoms with Crippen molar-refractivity contribution >= 4 is 17.4 Å². The van der Waals surface area contributed by atoms with Crippen molar-refractivity contribution in [1.82, 2.24) is 9.78 Å². The summed E-state index contributed by atoms with van der Waals surface area (Å²) in [6, 6.07) is 15.7. The molecule has 1 atom stereocenters. The van der Waals surface area contributed by atoms with Crippen LogP contribution in [0.4, 0.5) is 4.39 Å². The Morgan fingerprint density at radius 2 is 2.10 bits per heavy atom. The molecule has 0 radical (unpaired) electrons. The summed E-state index contributed by atoms with van der Waals surface area (Å²) in [4.78, 5) is 12.8. The minimum Gasteiger partial charge on any atom is -0.299 e. The number of ketones is 1. The molecule has 30 heavy (non-hydrogen) atoms. The van der Waals surface area contributed by atoms with Crippen LogP contribution in [0.5, 0.6) is 0 Å². The molecule has 152 valence electrons. The Morgan fingerprint density at radius 3 is 2.77 bits per heavy atom. The van der Waals surface area contributed by atoms with Gasteiger partial charge in [-0.05, 0) is 61.2 Å². The minimum atomic E-state index is -0.595. The summed E-state index contributed by atoms with van der Waals surface area (Å²) in [7, 11) is 0. The number of hydrogen-bond acceptors (Lipinski definition) is 3. The van der Waals surface area contributed by atoms with Crippen molar-refractivity contribution in [2.24, 2.45) is 0 Å². The second-order valence-corrected chi connectivity index (χ2v) is 8.20. The first-order valence-electron chi connectivity index (χ1n) is 10.0. The number of halogens is 2. The van der Waals surface area contributed by atoms with Crippen LogP contribution >= 0.6 is 11.6 Å². The first kappa shape index (κ1) is 20.3. The van der Waals surface area contributed by atoms with Gasteiger partial charge in [0.05, 0.1) is 16.9 Å². The van der Waals surface area contributed by atoms with Crippen LogP contribution in [0.25, 0.3) is 5.69 Å². The fraction of sp³-hybridized carbons (Fsp3) is 0.292. The number of Topliss-reactive ketones (excluding diaryl/α,β-unsaturated/α-hetero) is 1. The van der Waals surface area contributed by atoms with Gasteiger partial charge in [0.1, 0.15) is 17.7 Å². The van der Waals surface area contributed by atoms with Crippen LogP contribution in [0.2, 0.25) is 5.02 Å². The predicted octanol–water partition coefficient (Wildman–Crippen LogP) is 5.72. The first-order chi connectivity index (χ1) is 14.5. The molecule has 0 bridgehead atoms. The van der Waals surface area contributed by atoms with Gasteiger partial charge in [-0.2, -0.15) is 10.4 Å². The van der Waals surface area contributed by atoms with Gasteiger partial charge >= 0.3 is 0 Å². The smallest absolute Gasteiger partial charge is 0.141 e. The average Bonchev–Trinajstić information content (AvgIpc) is 3.51. The van der Waals surface area contributed by atoms with Crippen LogP contribution in [-0.2, 0) is 11.2 Å². The molecule has 1 unspecified atom stereocenters. The molecule has 3 aromatic rings. The molecule has 0 N–H and O–H groups in total. The van der Waals surface area contributed by atoms with E-state index in [0.717, 1.165) is 29.9 Å². The number of carbonyl (C=O) groups is 1. The predicted molar refractivity (Wildman–Crippen MR) is 113 cm³/mol. The van der Waals surface area contributed by atoms with Crippen LogP contribution in [0.1, 0.15) is 60.5 Å². The summed E-state index contributed by atoms with van der Waals surface area (Å²) >= 11 is 6.15. The number of aromatic nitrogens is 2. The molecular weight excluding hydrogens is 401 g/mol. The fourth-order valence-corrected chi connectivity index (χ4v) is 3.76. The monoisotopic (exact) mass is 421 g/mol. The van der Waals surface area contributed by atoms with Crippen LogP contribution in [0.15, 0.2) is 48.5 Å². The number of nitrogens with zero attached hydrogens (tertiary/aromatic N) is 3.